The molecule has 1 aromatic heterocycles. The Labute approximate surface area is 149 Å². The van der Waals surface area contributed by atoms with E-state index in [1.54, 1.807) is 0 Å². The van der Waals surface area contributed by atoms with E-state index in [-0.39, 0.29) is 0 Å². The summed E-state index contributed by atoms with van der Waals surface area (Å²) in [6.07, 6.45) is 2.23. The van der Waals surface area contributed by atoms with Crippen molar-refractivity contribution in [1.82, 2.24) is 4.90 Å². The number of nitrogens with one attached hydrogen (secondary N) is 1. The van der Waals surface area contributed by atoms with Gasteiger partial charge >= 0.3 is 0 Å². The minimum absolute atomic E-state index is 0.333. The molecule has 3 nitrogen and oxygen atoms in total. The Hall–Kier alpha value is -1.36. The maximum absolute atomic E-state index is 9.26. The third-order valence-corrected chi connectivity index (χ3v) is 6.05. The van der Waals surface area contributed by atoms with E-state index < -0.39 is 0 Å². The number of nitrogens with zero attached hydrogens (tertiary/aromatic N) is 1. The van der Waals surface area contributed by atoms with Gasteiger partial charge in [0.05, 0.1) is 6.04 Å². The van der Waals surface area contributed by atoms with Crippen molar-refractivity contribution in [3.63, 3.8) is 0 Å². The van der Waals surface area contributed by atoms with Crippen molar-refractivity contribution in [1.29, 1.82) is 0 Å². The average molecular weight is 345 g/mol. The standard InChI is InChI=1S/C20H28N2OS/c1-15-6-7-20(24-15)16(2)21-19-5-3-4-18(12-19)13-22-10-8-17(14-23)9-11-22/h3-7,12,16-17,21,23H,8-11,13-14H2,1-2H3. The Morgan fingerprint density at radius 2 is 2.04 bits per heavy atom. The Bertz CT molecular complexity index is 647. The Balaban J connectivity index is 1.58. The zero-order valence-corrected chi connectivity index (χ0v) is 15.5. The Morgan fingerprint density at radius 3 is 2.71 bits per heavy atom. The molecule has 3 rings (SSSR count). The van der Waals surface area contributed by atoms with Crippen molar-refractivity contribution in [2.24, 2.45) is 5.92 Å². The summed E-state index contributed by atoms with van der Waals surface area (Å²) in [5, 5.41) is 12.9. The molecule has 0 radical (unpaired) electrons. The van der Waals surface area contributed by atoms with Crippen LogP contribution in [0.1, 0.15) is 41.1 Å². The molecule has 2 aromatic rings. The van der Waals surface area contributed by atoms with E-state index >= 15 is 0 Å². The van der Waals surface area contributed by atoms with E-state index in [1.165, 1.54) is 21.0 Å². The lowest BCUT2D eigenvalue weighted by atomic mass is 9.97. The second-order valence-electron chi connectivity index (χ2n) is 6.92. The summed E-state index contributed by atoms with van der Waals surface area (Å²) < 4.78 is 0. The van der Waals surface area contributed by atoms with Gasteiger partial charge in [0.2, 0.25) is 0 Å². The van der Waals surface area contributed by atoms with E-state index in [1.807, 2.05) is 11.3 Å². The van der Waals surface area contributed by atoms with Crippen molar-refractivity contribution >= 4 is 17.0 Å². The summed E-state index contributed by atoms with van der Waals surface area (Å²) in [5.74, 6) is 0.504. The summed E-state index contributed by atoms with van der Waals surface area (Å²) in [6.45, 7) is 7.90. The van der Waals surface area contributed by atoms with Crippen molar-refractivity contribution < 1.29 is 5.11 Å². The number of thiophene rings is 1. The zero-order valence-electron chi connectivity index (χ0n) is 14.7. The first-order valence-electron chi connectivity index (χ1n) is 8.89. The van der Waals surface area contributed by atoms with Gasteiger partial charge in [0.25, 0.3) is 0 Å². The highest BCUT2D eigenvalue weighted by Crippen LogP contribution is 2.26. The van der Waals surface area contributed by atoms with Gasteiger partial charge in [-0.25, -0.2) is 0 Å². The molecule has 1 aliphatic heterocycles. The number of hydrogen-bond acceptors (Lipinski definition) is 4. The summed E-state index contributed by atoms with van der Waals surface area (Å²) in [5.41, 5.74) is 2.55. The highest BCUT2D eigenvalue weighted by atomic mass is 32.1. The molecule has 1 atom stereocenters. The molecule has 2 N–H and O–H groups in total. The molecule has 0 saturated carbocycles. The second-order valence-corrected chi connectivity index (χ2v) is 8.24. The topological polar surface area (TPSA) is 35.5 Å². The Kier molecular flexibility index (Phi) is 5.93. The number of anilines is 1. The minimum atomic E-state index is 0.333. The van der Waals surface area contributed by atoms with Crippen molar-refractivity contribution in [2.45, 2.75) is 39.3 Å². The first kappa shape index (κ1) is 17.5. The minimum Gasteiger partial charge on any atom is -0.396 e. The summed E-state index contributed by atoms with van der Waals surface area (Å²) in [6, 6.07) is 13.5. The fourth-order valence-corrected chi connectivity index (χ4v) is 4.23. The summed E-state index contributed by atoms with van der Waals surface area (Å²) >= 11 is 1.86. The fraction of sp³-hybridized carbons (Fsp3) is 0.500. The first-order valence-corrected chi connectivity index (χ1v) is 9.70. The van der Waals surface area contributed by atoms with Crippen LogP contribution in [0.5, 0.6) is 0 Å². The smallest absolute Gasteiger partial charge is 0.0578 e. The van der Waals surface area contributed by atoms with Crippen LogP contribution in [0.25, 0.3) is 0 Å². The van der Waals surface area contributed by atoms with Crippen LogP contribution in [0.4, 0.5) is 5.69 Å². The molecule has 1 unspecified atom stereocenters. The highest BCUT2D eigenvalue weighted by molar-refractivity contribution is 7.12. The van der Waals surface area contributed by atoms with Crippen LogP contribution in [-0.2, 0) is 6.54 Å². The number of benzene rings is 1. The molecule has 1 fully saturated rings. The molecular formula is C20H28N2OS. The maximum atomic E-state index is 9.26. The van der Waals surface area contributed by atoms with Gasteiger partial charge in [0, 0.05) is 28.6 Å². The van der Waals surface area contributed by atoms with E-state index in [4.69, 9.17) is 0 Å². The molecule has 4 heteroatoms. The zero-order chi connectivity index (χ0) is 16.9. The maximum Gasteiger partial charge on any atom is 0.0578 e. The SMILES string of the molecule is Cc1ccc(C(C)Nc2cccc(CN3CCC(CO)CC3)c2)s1. The van der Waals surface area contributed by atoms with Crippen LogP contribution < -0.4 is 5.32 Å². The van der Waals surface area contributed by atoms with Gasteiger partial charge in [-0.3, -0.25) is 4.90 Å². The lowest BCUT2D eigenvalue weighted by Crippen LogP contribution is -2.34. The molecule has 0 aliphatic carbocycles. The average Bonchev–Trinajstić information content (AvgIpc) is 3.02. The number of aliphatic hydroxyl groups excluding tert-OH is 1. The van der Waals surface area contributed by atoms with Crippen molar-refractivity contribution in [3.8, 4) is 0 Å². The van der Waals surface area contributed by atoms with Gasteiger partial charge in [0.15, 0.2) is 0 Å². The third kappa shape index (κ3) is 4.59. The van der Waals surface area contributed by atoms with E-state index in [9.17, 15) is 5.11 Å². The lowest BCUT2D eigenvalue weighted by Gasteiger charge is -2.31. The molecule has 130 valence electrons. The molecule has 1 aromatic carbocycles. The van der Waals surface area contributed by atoms with E-state index in [2.05, 4.69) is 60.5 Å². The predicted octanol–water partition coefficient (Wildman–Crippen LogP) is 4.43. The predicted molar refractivity (Wildman–Crippen MR) is 103 cm³/mol. The third-order valence-electron chi connectivity index (χ3n) is 4.87. The fourth-order valence-electron chi connectivity index (χ4n) is 3.35. The number of aryl methyl sites for hydroxylation is 1. The van der Waals surface area contributed by atoms with Crippen LogP contribution in [0.2, 0.25) is 0 Å². The van der Waals surface area contributed by atoms with Crippen LogP contribution in [0, 0.1) is 12.8 Å². The van der Waals surface area contributed by atoms with Crippen LogP contribution >= 0.6 is 11.3 Å². The number of hydrogen-bond donors (Lipinski definition) is 2. The van der Waals surface area contributed by atoms with Crippen LogP contribution in [0.3, 0.4) is 0 Å². The molecule has 24 heavy (non-hydrogen) atoms. The number of aliphatic hydroxyl groups is 1. The van der Waals surface area contributed by atoms with Gasteiger partial charge in [0.1, 0.15) is 0 Å². The summed E-state index contributed by atoms with van der Waals surface area (Å²) in [4.78, 5) is 5.24. The van der Waals surface area contributed by atoms with Gasteiger partial charge < -0.3 is 10.4 Å². The Morgan fingerprint density at radius 1 is 1.25 bits per heavy atom. The van der Waals surface area contributed by atoms with E-state index in [0.29, 0.717) is 18.6 Å². The molecule has 0 bridgehead atoms. The normalized spacial score (nSPS) is 17.8. The van der Waals surface area contributed by atoms with Crippen molar-refractivity contribution in [2.75, 3.05) is 25.0 Å². The number of rotatable bonds is 6. The quantitative estimate of drug-likeness (QED) is 0.813. The largest absolute Gasteiger partial charge is 0.396 e. The second kappa shape index (κ2) is 8.15. The van der Waals surface area contributed by atoms with Gasteiger partial charge in [-0.05, 0) is 75.5 Å². The van der Waals surface area contributed by atoms with Crippen LogP contribution in [0.15, 0.2) is 36.4 Å². The molecular weight excluding hydrogens is 316 g/mol. The number of likely N-dealkylation sites (tertiary alicyclic amines) is 1. The lowest BCUT2D eigenvalue weighted by molar-refractivity contribution is 0.127. The van der Waals surface area contributed by atoms with Crippen molar-refractivity contribution in [3.05, 3.63) is 51.7 Å². The molecule has 0 spiro atoms. The van der Waals surface area contributed by atoms with Crippen LogP contribution in [-0.4, -0.2) is 29.7 Å². The molecule has 1 aliphatic rings. The highest BCUT2D eigenvalue weighted by Gasteiger charge is 2.18. The molecule has 0 amide bonds. The number of piperidine rings is 1. The monoisotopic (exact) mass is 344 g/mol. The van der Waals surface area contributed by atoms with Gasteiger partial charge in [-0.15, -0.1) is 11.3 Å². The summed E-state index contributed by atoms with van der Waals surface area (Å²) in [7, 11) is 0. The van der Waals surface area contributed by atoms with Gasteiger partial charge in [-0.1, -0.05) is 12.1 Å². The molecule has 1 saturated heterocycles. The molecule has 2 heterocycles. The van der Waals surface area contributed by atoms with E-state index in [0.717, 1.165) is 32.5 Å². The first-order chi connectivity index (χ1) is 11.6. The van der Waals surface area contributed by atoms with Gasteiger partial charge in [-0.2, -0.15) is 0 Å².